The average Bonchev–Trinajstić information content (AvgIpc) is 3.27. The number of aromatic nitrogens is 1. The number of hydrogen-bond acceptors (Lipinski definition) is 4. The van der Waals surface area contributed by atoms with E-state index in [1.165, 1.54) is 5.56 Å². The van der Waals surface area contributed by atoms with E-state index in [-0.39, 0.29) is 17.9 Å². The molecule has 0 spiro atoms. The lowest BCUT2D eigenvalue weighted by Crippen LogP contribution is -2.43. The number of rotatable bonds is 6. The number of benzene rings is 2. The second-order valence-corrected chi connectivity index (χ2v) is 8.11. The van der Waals surface area contributed by atoms with E-state index in [0.29, 0.717) is 12.0 Å². The topological polar surface area (TPSA) is 91.3 Å². The number of pyridine rings is 1. The number of hydrogen-bond donors (Lipinski definition) is 3. The fourth-order valence-electron chi connectivity index (χ4n) is 4.41. The van der Waals surface area contributed by atoms with Crippen molar-refractivity contribution in [2.24, 2.45) is 5.92 Å². The van der Waals surface area contributed by atoms with E-state index in [1.54, 1.807) is 5.48 Å². The number of nitrogens with one attached hydrogen (secondary N) is 2. The predicted molar refractivity (Wildman–Crippen MR) is 119 cm³/mol. The summed E-state index contributed by atoms with van der Waals surface area (Å²) in [6, 6.07) is 17.7. The third kappa shape index (κ3) is 4.59. The number of nitrogens with zero attached hydrogens (tertiary/aromatic N) is 1. The highest BCUT2D eigenvalue weighted by Gasteiger charge is 2.34. The molecule has 6 nitrogen and oxygen atoms in total. The minimum Gasteiger partial charge on any atom is -0.349 e. The summed E-state index contributed by atoms with van der Waals surface area (Å²) in [6.45, 7) is 2.10. The normalized spacial score (nSPS) is 18.1. The lowest BCUT2D eigenvalue weighted by Gasteiger charge is -2.19. The highest BCUT2D eigenvalue weighted by Crippen LogP contribution is 2.26. The smallest absolute Gasteiger partial charge is 0.251 e. The summed E-state index contributed by atoms with van der Waals surface area (Å²) in [5.41, 5.74) is 6.69. The van der Waals surface area contributed by atoms with E-state index in [4.69, 9.17) is 10.2 Å². The van der Waals surface area contributed by atoms with E-state index in [1.807, 2.05) is 42.5 Å². The van der Waals surface area contributed by atoms with Gasteiger partial charge in [-0.25, -0.2) is 5.48 Å². The minimum atomic E-state index is -0.436. The van der Waals surface area contributed by atoms with Crippen LogP contribution >= 0.6 is 0 Å². The Bertz CT molecular complexity index is 1090. The van der Waals surface area contributed by atoms with Crippen molar-refractivity contribution < 1.29 is 14.8 Å². The zero-order valence-corrected chi connectivity index (χ0v) is 17.6. The van der Waals surface area contributed by atoms with Crippen LogP contribution in [0.2, 0.25) is 0 Å². The summed E-state index contributed by atoms with van der Waals surface area (Å²) in [6.07, 6.45) is 3.89. The molecular formula is C25H27N3O3. The van der Waals surface area contributed by atoms with E-state index in [2.05, 4.69) is 24.4 Å². The highest BCUT2D eigenvalue weighted by atomic mass is 16.5. The Kier molecular flexibility index (Phi) is 6.28. The van der Waals surface area contributed by atoms with Crippen molar-refractivity contribution in [3.8, 4) is 0 Å². The van der Waals surface area contributed by atoms with Gasteiger partial charge in [0.05, 0.1) is 11.4 Å². The van der Waals surface area contributed by atoms with Gasteiger partial charge in [0.15, 0.2) is 0 Å². The van der Waals surface area contributed by atoms with Crippen LogP contribution in [0.25, 0.3) is 10.9 Å². The summed E-state index contributed by atoms with van der Waals surface area (Å²) < 4.78 is 0. The Morgan fingerprint density at radius 1 is 1.10 bits per heavy atom. The summed E-state index contributed by atoms with van der Waals surface area (Å²) in [5, 5.41) is 13.0. The molecule has 31 heavy (non-hydrogen) atoms. The molecule has 0 bridgehead atoms. The van der Waals surface area contributed by atoms with E-state index in [9.17, 15) is 9.59 Å². The van der Waals surface area contributed by atoms with Crippen LogP contribution in [0.4, 0.5) is 0 Å². The first-order chi connectivity index (χ1) is 15.1. The molecule has 1 aromatic heterocycles. The van der Waals surface area contributed by atoms with Crippen LogP contribution in [0, 0.1) is 5.92 Å². The molecule has 1 aliphatic rings. The molecule has 2 amide bonds. The zero-order chi connectivity index (χ0) is 21.8. The lowest BCUT2D eigenvalue weighted by molar-refractivity contribution is -0.133. The van der Waals surface area contributed by atoms with Crippen LogP contribution in [0.3, 0.4) is 0 Å². The van der Waals surface area contributed by atoms with Crippen LogP contribution in [0.5, 0.6) is 0 Å². The van der Waals surface area contributed by atoms with Gasteiger partial charge in [-0.15, -0.1) is 0 Å². The number of carbonyl (C=O) groups is 2. The first-order valence-corrected chi connectivity index (χ1v) is 10.8. The molecule has 0 radical (unpaired) electrons. The number of carbonyl (C=O) groups excluding carboxylic acids is 2. The van der Waals surface area contributed by atoms with Gasteiger partial charge in [0.2, 0.25) is 5.91 Å². The quantitative estimate of drug-likeness (QED) is 0.420. The second kappa shape index (κ2) is 9.27. The molecular weight excluding hydrogens is 390 g/mol. The fourth-order valence-corrected chi connectivity index (χ4v) is 4.41. The SMILES string of the molecule is CCc1cc(Cc2ccc(C(=O)NC3CCCC3C(=O)NO)cc2)c2ccccc2n1. The monoisotopic (exact) mass is 417 g/mol. The Balaban J connectivity index is 1.48. The molecule has 4 rings (SSSR count). The second-order valence-electron chi connectivity index (χ2n) is 8.11. The van der Waals surface area contributed by atoms with Crippen molar-refractivity contribution >= 4 is 22.7 Å². The molecule has 3 N–H and O–H groups in total. The standard InChI is InChI=1S/C25H27N3O3/c1-2-19-15-18(20-6-3-4-8-22(20)26-19)14-16-10-12-17(13-11-16)24(29)27-23-9-5-7-21(23)25(30)28-31/h3-4,6,8,10-13,15,21,23,31H,2,5,7,9,14H2,1H3,(H,27,29)(H,28,30). The highest BCUT2D eigenvalue weighted by molar-refractivity contribution is 5.95. The molecule has 6 heteroatoms. The molecule has 0 saturated heterocycles. The van der Waals surface area contributed by atoms with Gasteiger partial charge in [-0.2, -0.15) is 0 Å². The van der Waals surface area contributed by atoms with Gasteiger partial charge >= 0.3 is 0 Å². The largest absolute Gasteiger partial charge is 0.349 e. The van der Waals surface area contributed by atoms with Crippen molar-refractivity contribution in [3.63, 3.8) is 0 Å². The average molecular weight is 418 g/mol. The molecule has 2 atom stereocenters. The van der Waals surface area contributed by atoms with Gasteiger partial charge in [0, 0.05) is 22.7 Å². The van der Waals surface area contributed by atoms with Crippen LogP contribution in [-0.4, -0.2) is 28.0 Å². The van der Waals surface area contributed by atoms with Crippen molar-refractivity contribution in [3.05, 3.63) is 77.0 Å². The number of para-hydroxylation sites is 1. The Morgan fingerprint density at radius 2 is 1.87 bits per heavy atom. The third-order valence-corrected chi connectivity index (χ3v) is 6.11. The molecule has 1 fully saturated rings. The summed E-state index contributed by atoms with van der Waals surface area (Å²) in [4.78, 5) is 29.2. The first-order valence-electron chi connectivity index (χ1n) is 10.8. The number of fused-ring (bicyclic) bond motifs is 1. The van der Waals surface area contributed by atoms with E-state index in [0.717, 1.165) is 47.8 Å². The van der Waals surface area contributed by atoms with Gasteiger partial charge in [-0.3, -0.25) is 19.8 Å². The number of amides is 2. The molecule has 3 aromatic rings. The van der Waals surface area contributed by atoms with Gasteiger partial charge in [0.25, 0.3) is 5.91 Å². The van der Waals surface area contributed by atoms with Gasteiger partial charge in [-0.1, -0.05) is 43.7 Å². The van der Waals surface area contributed by atoms with Crippen molar-refractivity contribution in [2.45, 2.75) is 45.1 Å². The molecule has 1 aliphatic carbocycles. The molecule has 1 heterocycles. The molecule has 2 aromatic carbocycles. The Morgan fingerprint density at radius 3 is 2.61 bits per heavy atom. The number of hydroxylamine groups is 1. The van der Waals surface area contributed by atoms with Gasteiger partial charge in [0.1, 0.15) is 0 Å². The van der Waals surface area contributed by atoms with E-state index >= 15 is 0 Å². The van der Waals surface area contributed by atoms with Crippen LogP contribution in [0.1, 0.15) is 53.4 Å². The zero-order valence-electron chi connectivity index (χ0n) is 17.6. The molecule has 0 aliphatic heterocycles. The Hall–Kier alpha value is -3.25. The van der Waals surface area contributed by atoms with Crippen LogP contribution in [0.15, 0.2) is 54.6 Å². The van der Waals surface area contributed by atoms with Crippen LogP contribution in [-0.2, 0) is 17.6 Å². The lowest BCUT2D eigenvalue weighted by atomic mass is 9.98. The summed E-state index contributed by atoms with van der Waals surface area (Å²) >= 11 is 0. The van der Waals surface area contributed by atoms with Crippen LogP contribution < -0.4 is 10.8 Å². The minimum absolute atomic E-state index is 0.197. The fraction of sp³-hybridized carbons (Fsp3) is 0.320. The van der Waals surface area contributed by atoms with Crippen molar-refractivity contribution in [1.29, 1.82) is 0 Å². The van der Waals surface area contributed by atoms with Crippen molar-refractivity contribution in [2.75, 3.05) is 0 Å². The maximum atomic E-state index is 12.7. The molecule has 1 saturated carbocycles. The van der Waals surface area contributed by atoms with Gasteiger partial charge < -0.3 is 5.32 Å². The number of aryl methyl sites for hydroxylation is 1. The maximum Gasteiger partial charge on any atom is 0.251 e. The van der Waals surface area contributed by atoms with E-state index < -0.39 is 5.91 Å². The molecule has 2 unspecified atom stereocenters. The maximum absolute atomic E-state index is 12.7. The third-order valence-electron chi connectivity index (χ3n) is 6.11. The van der Waals surface area contributed by atoms with Gasteiger partial charge in [-0.05, 0) is 61.1 Å². The molecule has 160 valence electrons. The Labute approximate surface area is 181 Å². The summed E-state index contributed by atoms with van der Waals surface area (Å²) in [5.74, 6) is -1.02. The summed E-state index contributed by atoms with van der Waals surface area (Å²) in [7, 11) is 0. The predicted octanol–water partition coefficient (Wildman–Crippen LogP) is 3.79. The first kappa shape index (κ1) is 21.0. The van der Waals surface area contributed by atoms with Crippen molar-refractivity contribution in [1.82, 2.24) is 15.8 Å².